The molecule has 3 heterocycles. The average molecular weight is 591 g/mol. The van der Waals surface area contributed by atoms with Crippen LogP contribution in [-0.2, 0) is 23.8 Å². The molecule has 2 amide bonds. The van der Waals surface area contributed by atoms with Crippen LogP contribution in [0.5, 0.6) is 0 Å². The standard InChI is InChI=1S/C34H38N8O2/c1-20-30(21(2)40-39-20)23-9-12-26(13-10-23)37-33(44)31(38-32(43)29-15-16-35-41(29)6)27-14-11-22-7-8-24(17-28(22)27)25-18-36-42(19-25)34(3,4)5/h7-10,12-13,15-19,27,31H,11,14H2,1-6H3,(H,37,44)(H,38,43)(H,39,40)/t27-,31+/m1/s1. The van der Waals surface area contributed by atoms with Crippen molar-refractivity contribution in [2.45, 2.75) is 65.0 Å². The van der Waals surface area contributed by atoms with Crippen LogP contribution in [0.1, 0.15) is 66.1 Å². The van der Waals surface area contributed by atoms with Crippen LogP contribution in [0.4, 0.5) is 5.69 Å². The van der Waals surface area contributed by atoms with Crippen molar-refractivity contribution in [3.63, 3.8) is 0 Å². The molecule has 5 aromatic rings. The summed E-state index contributed by atoms with van der Waals surface area (Å²) in [4.78, 5) is 27.4. The van der Waals surface area contributed by atoms with E-state index in [-0.39, 0.29) is 23.3 Å². The van der Waals surface area contributed by atoms with Crippen molar-refractivity contribution >= 4 is 17.5 Å². The van der Waals surface area contributed by atoms with E-state index in [0.717, 1.165) is 52.0 Å². The lowest BCUT2D eigenvalue weighted by Crippen LogP contribution is -2.47. The van der Waals surface area contributed by atoms with Gasteiger partial charge in [-0.25, -0.2) is 0 Å². The number of anilines is 1. The lowest BCUT2D eigenvalue weighted by Gasteiger charge is -2.25. The van der Waals surface area contributed by atoms with Gasteiger partial charge in [0.2, 0.25) is 5.91 Å². The summed E-state index contributed by atoms with van der Waals surface area (Å²) in [5.41, 5.74) is 9.17. The topological polar surface area (TPSA) is 123 Å². The highest BCUT2D eigenvalue weighted by Gasteiger charge is 2.36. The van der Waals surface area contributed by atoms with Crippen molar-refractivity contribution in [1.82, 2.24) is 35.1 Å². The molecule has 6 rings (SSSR count). The zero-order chi connectivity index (χ0) is 31.2. The van der Waals surface area contributed by atoms with Gasteiger partial charge in [0.25, 0.3) is 5.91 Å². The van der Waals surface area contributed by atoms with Crippen LogP contribution in [0.2, 0.25) is 0 Å². The molecule has 0 saturated heterocycles. The van der Waals surface area contributed by atoms with Gasteiger partial charge in [0, 0.05) is 47.9 Å². The molecule has 0 spiro atoms. The Hall–Kier alpha value is -4.99. The van der Waals surface area contributed by atoms with Gasteiger partial charge in [0.05, 0.1) is 17.4 Å². The van der Waals surface area contributed by atoms with Crippen LogP contribution in [0.15, 0.2) is 67.1 Å². The maximum absolute atomic E-state index is 14.0. The number of H-pyrrole nitrogens is 1. The van der Waals surface area contributed by atoms with E-state index >= 15 is 0 Å². The van der Waals surface area contributed by atoms with Gasteiger partial charge < -0.3 is 10.6 Å². The number of carbonyl (C=O) groups is 2. The fourth-order valence-corrected chi connectivity index (χ4v) is 6.08. The molecular weight excluding hydrogens is 552 g/mol. The van der Waals surface area contributed by atoms with E-state index < -0.39 is 6.04 Å². The quantitative estimate of drug-likeness (QED) is 0.231. The van der Waals surface area contributed by atoms with E-state index in [4.69, 9.17) is 0 Å². The summed E-state index contributed by atoms with van der Waals surface area (Å²) in [6.07, 6.45) is 7.06. The lowest BCUT2D eigenvalue weighted by atomic mass is 9.90. The SMILES string of the molecule is Cc1n[nH]c(C)c1-c1ccc(NC(=O)[C@@H](NC(=O)c2ccnn2C)[C@@H]2CCc3ccc(-c4cnn(C(C)(C)C)c4)cc32)cc1. The van der Waals surface area contributed by atoms with E-state index in [1.807, 2.05) is 49.0 Å². The molecule has 1 aliphatic rings. The molecule has 0 radical (unpaired) electrons. The predicted molar refractivity (Wildman–Crippen MR) is 170 cm³/mol. The van der Waals surface area contributed by atoms with E-state index in [0.29, 0.717) is 11.4 Å². The third-order valence-corrected chi connectivity index (χ3v) is 8.47. The van der Waals surface area contributed by atoms with E-state index in [1.54, 1.807) is 19.3 Å². The summed E-state index contributed by atoms with van der Waals surface area (Å²) in [7, 11) is 1.71. The Morgan fingerprint density at radius 3 is 2.39 bits per heavy atom. The maximum atomic E-state index is 14.0. The van der Waals surface area contributed by atoms with Crippen molar-refractivity contribution in [3.8, 4) is 22.3 Å². The van der Waals surface area contributed by atoms with Crippen molar-refractivity contribution in [2.75, 3.05) is 5.32 Å². The molecule has 3 N–H and O–H groups in total. The highest BCUT2D eigenvalue weighted by molar-refractivity contribution is 6.01. The van der Waals surface area contributed by atoms with Crippen LogP contribution in [0.3, 0.4) is 0 Å². The molecule has 226 valence electrons. The Bertz CT molecular complexity index is 1820. The molecule has 2 aromatic carbocycles. The molecule has 0 unspecified atom stereocenters. The van der Waals surface area contributed by atoms with Crippen molar-refractivity contribution < 1.29 is 9.59 Å². The van der Waals surface area contributed by atoms with Crippen LogP contribution < -0.4 is 10.6 Å². The summed E-state index contributed by atoms with van der Waals surface area (Å²) in [6, 6.07) is 14.9. The zero-order valence-electron chi connectivity index (χ0n) is 26.0. The minimum atomic E-state index is -0.802. The Kier molecular flexibility index (Phi) is 7.44. The first kappa shape index (κ1) is 29.1. The second-order valence-electron chi connectivity index (χ2n) is 12.6. The first-order valence-corrected chi connectivity index (χ1v) is 14.9. The molecule has 10 heteroatoms. The Morgan fingerprint density at radius 1 is 1.00 bits per heavy atom. The molecule has 3 aromatic heterocycles. The number of aromatic amines is 1. The van der Waals surface area contributed by atoms with Gasteiger partial charge in [0.1, 0.15) is 11.7 Å². The number of rotatable bonds is 7. The molecule has 44 heavy (non-hydrogen) atoms. The van der Waals surface area contributed by atoms with Gasteiger partial charge in [-0.1, -0.05) is 30.3 Å². The number of aromatic nitrogens is 6. The normalized spacial score (nSPS) is 15.2. The number of nitrogens with zero attached hydrogens (tertiary/aromatic N) is 5. The fraction of sp³-hybridized carbons (Fsp3) is 0.324. The summed E-state index contributed by atoms with van der Waals surface area (Å²) < 4.78 is 3.47. The number of benzene rings is 2. The number of nitrogens with one attached hydrogen (secondary N) is 3. The molecule has 10 nitrogen and oxygen atoms in total. The fourth-order valence-electron chi connectivity index (χ4n) is 6.08. The van der Waals surface area contributed by atoms with Gasteiger partial charge in [0.15, 0.2) is 0 Å². The molecule has 0 saturated carbocycles. The number of amides is 2. The summed E-state index contributed by atoms with van der Waals surface area (Å²) >= 11 is 0. The molecule has 2 atom stereocenters. The smallest absolute Gasteiger partial charge is 0.270 e. The van der Waals surface area contributed by atoms with Gasteiger partial charge in [-0.3, -0.25) is 24.1 Å². The van der Waals surface area contributed by atoms with Crippen LogP contribution >= 0.6 is 0 Å². The summed E-state index contributed by atoms with van der Waals surface area (Å²) in [5.74, 6) is -0.828. The second kappa shape index (κ2) is 11.3. The van der Waals surface area contributed by atoms with Gasteiger partial charge >= 0.3 is 0 Å². The first-order chi connectivity index (χ1) is 21.0. The highest BCUT2D eigenvalue weighted by Crippen LogP contribution is 2.39. The van der Waals surface area contributed by atoms with E-state index in [1.165, 1.54) is 10.2 Å². The second-order valence-corrected chi connectivity index (χ2v) is 12.6. The number of hydrogen-bond acceptors (Lipinski definition) is 5. The minimum absolute atomic E-state index is 0.134. The van der Waals surface area contributed by atoms with Gasteiger partial charge in [-0.05, 0) is 87.9 Å². The third-order valence-electron chi connectivity index (χ3n) is 8.47. The number of fused-ring (bicyclic) bond motifs is 1. The van der Waals surface area contributed by atoms with E-state index in [9.17, 15) is 9.59 Å². The van der Waals surface area contributed by atoms with Crippen molar-refractivity contribution in [2.24, 2.45) is 7.05 Å². The summed E-state index contributed by atoms with van der Waals surface area (Å²) in [5, 5.41) is 22.2. The van der Waals surface area contributed by atoms with Gasteiger partial charge in [-0.2, -0.15) is 15.3 Å². The molecule has 0 bridgehead atoms. The average Bonchev–Trinajstić information content (AvgIpc) is 3.79. The Morgan fingerprint density at radius 2 is 1.75 bits per heavy atom. The van der Waals surface area contributed by atoms with E-state index in [2.05, 4.69) is 76.2 Å². The minimum Gasteiger partial charge on any atom is -0.338 e. The van der Waals surface area contributed by atoms with Crippen molar-refractivity contribution in [3.05, 3.63) is 95.3 Å². The van der Waals surface area contributed by atoms with Crippen LogP contribution in [0, 0.1) is 13.8 Å². The Balaban J connectivity index is 1.30. The summed E-state index contributed by atoms with van der Waals surface area (Å²) in [6.45, 7) is 10.3. The molecule has 0 fully saturated rings. The predicted octanol–water partition coefficient (Wildman–Crippen LogP) is 5.51. The number of aryl methyl sites for hydroxylation is 4. The third kappa shape index (κ3) is 5.55. The zero-order valence-corrected chi connectivity index (χ0v) is 26.0. The Labute approximate surface area is 256 Å². The first-order valence-electron chi connectivity index (χ1n) is 14.9. The monoisotopic (exact) mass is 590 g/mol. The number of hydrogen-bond donors (Lipinski definition) is 3. The number of carbonyl (C=O) groups excluding carboxylic acids is 2. The van der Waals surface area contributed by atoms with Gasteiger partial charge in [-0.15, -0.1) is 0 Å². The molecular formula is C34H38N8O2. The molecule has 0 aliphatic heterocycles. The van der Waals surface area contributed by atoms with Crippen LogP contribution in [-0.4, -0.2) is 47.6 Å². The highest BCUT2D eigenvalue weighted by atomic mass is 16.2. The lowest BCUT2D eigenvalue weighted by molar-refractivity contribution is -0.118. The van der Waals surface area contributed by atoms with Crippen LogP contribution in [0.25, 0.3) is 22.3 Å². The maximum Gasteiger partial charge on any atom is 0.270 e. The largest absolute Gasteiger partial charge is 0.338 e. The molecule has 1 aliphatic carbocycles. The van der Waals surface area contributed by atoms with Crippen molar-refractivity contribution in [1.29, 1.82) is 0 Å².